The Morgan fingerprint density at radius 1 is 1.52 bits per heavy atom. The van der Waals surface area contributed by atoms with Crippen LogP contribution in [0.2, 0.25) is 0 Å². The maximum Gasteiger partial charge on any atom is 0.352 e. The zero-order valence-electron chi connectivity index (χ0n) is 11.0. The second-order valence-electron chi connectivity index (χ2n) is 4.91. The van der Waals surface area contributed by atoms with E-state index in [9.17, 15) is 13.2 Å². The Morgan fingerprint density at radius 3 is 2.86 bits per heavy atom. The molecule has 0 bridgehead atoms. The van der Waals surface area contributed by atoms with Crippen molar-refractivity contribution in [3.05, 3.63) is 35.9 Å². The van der Waals surface area contributed by atoms with Crippen LogP contribution in [0.4, 0.5) is 0 Å². The van der Waals surface area contributed by atoms with E-state index >= 15 is 0 Å². The van der Waals surface area contributed by atoms with Gasteiger partial charge >= 0.3 is 5.97 Å². The third-order valence-corrected chi connectivity index (χ3v) is 4.67. The number of nitrogens with one attached hydrogen (secondary N) is 2. The van der Waals surface area contributed by atoms with E-state index in [2.05, 4.69) is 14.9 Å². The lowest BCUT2D eigenvalue weighted by Gasteiger charge is -2.03. The fourth-order valence-electron chi connectivity index (χ4n) is 2.07. The molecule has 3 N–H and O–H groups in total. The highest BCUT2D eigenvalue weighted by Gasteiger charge is 2.30. The van der Waals surface area contributed by atoms with Crippen molar-refractivity contribution in [2.75, 3.05) is 0 Å². The first-order chi connectivity index (χ1) is 9.97. The molecule has 1 fully saturated rings. The predicted molar refractivity (Wildman–Crippen MR) is 72.3 cm³/mol. The van der Waals surface area contributed by atoms with Crippen LogP contribution in [0.1, 0.15) is 35.1 Å². The number of carbonyl (C=O) groups is 1. The van der Waals surface area contributed by atoms with Crippen molar-refractivity contribution in [1.29, 1.82) is 0 Å². The predicted octanol–water partition coefficient (Wildman–Crippen LogP) is 0.723. The van der Waals surface area contributed by atoms with Crippen LogP contribution in [-0.4, -0.2) is 34.3 Å². The Kier molecular flexibility index (Phi) is 3.30. The second-order valence-corrected chi connectivity index (χ2v) is 6.68. The van der Waals surface area contributed by atoms with E-state index < -0.39 is 16.0 Å². The molecule has 0 atom stereocenters. The number of aromatic carboxylic acids is 1. The number of nitrogens with zero attached hydrogens (tertiary/aromatic N) is 2. The standard InChI is InChI=1S/C12H14N4O4S/c17-12(18)11-5-10(7-16(11)9-1-2-9)21(19,20)14-6-8-3-4-13-15-8/h3-5,7,9,14H,1-2,6H2,(H,13,15)(H,17,18). The first-order valence-corrected chi connectivity index (χ1v) is 7.89. The van der Waals surface area contributed by atoms with Gasteiger partial charge in [-0.3, -0.25) is 5.10 Å². The number of H-pyrrole nitrogens is 1. The highest BCUT2D eigenvalue weighted by molar-refractivity contribution is 7.89. The zero-order chi connectivity index (χ0) is 15.0. The van der Waals surface area contributed by atoms with Gasteiger partial charge in [-0.25, -0.2) is 17.9 Å². The van der Waals surface area contributed by atoms with E-state index in [0.717, 1.165) is 12.8 Å². The molecule has 2 heterocycles. The second kappa shape index (κ2) is 5.01. The van der Waals surface area contributed by atoms with E-state index in [1.807, 2.05) is 0 Å². The molecule has 3 rings (SSSR count). The average molecular weight is 310 g/mol. The van der Waals surface area contributed by atoms with Crippen LogP contribution in [0.3, 0.4) is 0 Å². The molecule has 2 aromatic rings. The SMILES string of the molecule is O=C(O)c1cc(S(=O)(=O)NCc2ccn[nH]2)cn1C1CC1. The lowest BCUT2D eigenvalue weighted by molar-refractivity contribution is 0.0685. The minimum Gasteiger partial charge on any atom is -0.477 e. The molecule has 0 radical (unpaired) electrons. The first kappa shape index (κ1) is 13.8. The molecule has 1 aliphatic rings. The van der Waals surface area contributed by atoms with Crippen LogP contribution < -0.4 is 4.72 Å². The van der Waals surface area contributed by atoms with Crippen LogP contribution in [-0.2, 0) is 16.6 Å². The third-order valence-electron chi connectivity index (χ3n) is 3.30. The molecule has 0 unspecified atom stereocenters. The molecule has 0 aromatic carbocycles. The van der Waals surface area contributed by atoms with Gasteiger partial charge in [-0.2, -0.15) is 5.10 Å². The summed E-state index contributed by atoms with van der Waals surface area (Å²) in [7, 11) is -3.76. The molecular weight excluding hydrogens is 296 g/mol. The Bertz CT molecular complexity index is 759. The first-order valence-electron chi connectivity index (χ1n) is 6.40. The van der Waals surface area contributed by atoms with Gasteiger partial charge in [0.25, 0.3) is 0 Å². The molecule has 0 saturated heterocycles. The minimum absolute atomic E-state index is 0.000541. The molecule has 1 aliphatic carbocycles. The summed E-state index contributed by atoms with van der Waals surface area (Å²) >= 11 is 0. The summed E-state index contributed by atoms with van der Waals surface area (Å²) < 4.78 is 28.3. The number of aromatic nitrogens is 3. The molecule has 0 spiro atoms. The molecule has 112 valence electrons. The Morgan fingerprint density at radius 2 is 2.29 bits per heavy atom. The highest BCUT2D eigenvalue weighted by Crippen LogP contribution is 2.37. The summed E-state index contributed by atoms with van der Waals surface area (Å²) in [5.74, 6) is -1.13. The van der Waals surface area contributed by atoms with Gasteiger partial charge in [-0.1, -0.05) is 0 Å². The van der Waals surface area contributed by atoms with Crippen molar-refractivity contribution in [2.24, 2.45) is 0 Å². The van der Waals surface area contributed by atoms with Crippen molar-refractivity contribution < 1.29 is 18.3 Å². The average Bonchev–Trinajstić information content (AvgIpc) is 2.97. The smallest absolute Gasteiger partial charge is 0.352 e. The molecular formula is C12H14N4O4S. The van der Waals surface area contributed by atoms with Gasteiger partial charge in [0.1, 0.15) is 10.6 Å². The van der Waals surface area contributed by atoms with E-state index in [0.29, 0.717) is 5.69 Å². The van der Waals surface area contributed by atoms with Crippen molar-refractivity contribution in [2.45, 2.75) is 30.3 Å². The van der Waals surface area contributed by atoms with Crippen LogP contribution in [0, 0.1) is 0 Å². The van der Waals surface area contributed by atoms with E-state index in [1.165, 1.54) is 23.0 Å². The molecule has 21 heavy (non-hydrogen) atoms. The van der Waals surface area contributed by atoms with Crippen molar-refractivity contribution in [3.8, 4) is 0 Å². The number of carboxylic acid groups (broad SMARTS) is 1. The van der Waals surface area contributed by atoms with Gasteiger partial charge in [0, 0.05) is 18.4 Å². The summed E-state index contributed by atoms with van der Waals surface area (Å²) in [5, 5.41) is 15.5. The Balaban J connectivity index is 1.84. The maximum absolute atomic E-state index is 12.2. The fourth-order valence-corrected chi connectivity index (χ4v) is 3.10. The molecule has 2 aromatic heterocycles. The molecule has 9 heteroatoms. The lowest BCUT2D eigenvalue weighted by Crippen LogP contribution is -2.23. The summed E-state index contributed by atoms with van der Waals surface area (Å²) in [6, 6.07) is 2.93. The molecule has 1 saturated carbocycles. The van der Waals surface area contributed by atoms with Gasteiger partial charge in [-0.05, 0) is 25.0 Å². The maximum atomic E-state index is 12.2. The minimum atomic E-state index is -3.76. The number of carboxylic acids is 1. The largest absolute Gasteiger partial charge is 0.477 e. The van der Waals surface area contributed by atoms with E-state index in [4.69, 9.17) is 5.11 Å². The van der Waals surface area contributed by atoms with Gasteiger partial charge in [0.2, 0.25) is 10.0 Å². The van der Waals surface area contributed by atoms with Gasteiger partial charge in [0.05, 0.1) is 12.2 Å². The summed E-state index contributed by atoms with van der Waals surface area (Å²) in [5.41, 5.74) is 0.623. The van der Waals surface area contributed by atoms with Crippen LogP contribution in [0.5, 0.6) is 0 Å². The summed E-state index contributed by atoms with van der Waals surface area (Å²) in [4.78, 5) is 11.2. The monoisotopic (exact) mass is 310 g/mol. The van der Waals surface area contributed by atoms with Gasteiger partial charge in [0.15, 0.2) is 0 Å². The van der Waals surface area contributed by atoms with Crippen LogP contribution >= 0.6 is 0 Å². The molecule has 0 amide bonds. The number of hydrogen-bond donors (Lipinski definition) is 3. The topological polar surface area (TPSA) is 117 Å². The normalized spacial score (nSPS) is 15.2. The Labute approximate surface area is 120 Å². The number of rotatable bonds is 6. The highest BCUT2D eigenvalue weighted by atomic mass is 32.2. The van der Waals surface area contributed by atoms with Crippen molar-refractivity contribution in [3.63, 3.8) is 0 Å². The van der Waals surface area contributed by atoms with Crippen LogP contribution in [0.25, 0.3) is 0 Å². The van der Waals surface area contributed by atoms with Gasteiger partial charge < -0.3 is 9.67 Å². The summed E-state index contributed by atoms with van der Waals surface area (Å²) in [6.07, 6.45) is 4.65. The fraction of sp³-hybridized carbons (Fsp3) is 0.333. The summed E-state index contributed by atoms with van der Waals surface area (Å²) in [6.45, 7) is 0.0688. The third kappa shape index (κ3) is 2.83. The van der Waals surface area contributed by atoms with E-state index in [1.54, 1.807) is 6.07 Å². The molecule has 8 nitrogen and oxygen atoms in total. The number of aromatic amines is 1. The number of hydrogen-bond acceptors (Lipinski definition) is 4. The zero-order valence-corrected chi connectivity index (χ0v) is 11.8. The van der Waals surface area contributed by atoms with Gasteiger partial charge in [-0.15, -0.1) is 0 Å². The lowest BCUT2D eigenvalue weighted by atomic mass is 10.4. The Hall–Kier alpha value is -2.13. The number of sulfonamides is 1. The van der Waals surface area contributed by atoms with Crippen molar-refractivity contribution in [1.82, 2.24) is 19.5 Å². The molecule has 0 aliphatic heterocycles. The van der Waals surface area contributed by atoms with Crippen molar-refractivity contribution >= 4 is 16.0 Å². The van der Waals surface area contributed by atoms with Crippen LogP contribution in [0.15, 0.2) is 29.4 Å². The quantitative estimate of drug-likeness (QED) is 0.727. The van der Waals surface area contributed by atoms with E-state index in [-0.39, 0.29) is 23.2 Å².